The van der Waals surface area contributed by atoms with E-state index in [9.17, 15) is 0 Å². The van der Waals surface area contributed by atoms with Crippen LogP contribution in [-0.4, -0.2) is 31.9 Å². The van der Waals surface area contributed by atoms with Crippen molar-refractivity contribution >= 4 is 0 Å². The molecule has 3 aliphatic rings. The molecule has 0 fully saturated rings. The van der Waals surface area contributed by atoms with Gasteiger partial charge in [-0.15, -0.1) is 0 Å². The molecule has 2 heterocycles. The van der Waals surface area contributed by atoms with E-state index in [1.807, 2.05) is 0 Å². The second kappa shape index (κ2) is 5.11. The number of fused-ring (bicyclic) bond motifs is 4. The highest BCUT2D eigenvalue weighted by atomic mass is 127. The molecule has 0 spiro atoms. The Morgan fingerprint density at radius 2 is 1.91 bits per heavy atom. The van der Waals surface area contributed by atoms with Gasteiger partial charge in [-0.25, -0.2) is 0 Å². The van der Waals surface area contributed by atoms with Gasteiger partial charge in [-0.1, -0.05) is 24.3 Å². The van der Waals surface area contributed by atoms with Crippen LogP contribution in [0.15, 0.2) is 30.3 Å². The molecule has 4 heteroatoms. The monoisotopic (exact) mass is 421 g/mol. The lowest BCUT2D eigenvalue weighted by molar-refractivity contribution is -0.923. The molecule has 1 atom stereocenters. The molecule has 0 bridgehead atoms. The smallest absolute Gasteiger partial charge is 0.231 e. The first-order valence-electron chi connectivity index (χ1n) is 8.01. The quantitative estimate of drug-likeness (QED) is 0.451. The topological polar surface area (TPSA) is 18.5 Å². The van der Waals surface area contributed by atoms with Gasteiger partial charge in [0.25, 0.3) is 0 Å². The average molecular weight is 421 g/mol. The minimum Gasteiger partial charge on any atom is -1.00 e. The Labute approximate surface area is 153 Å². The minimum absolute atomic E-state index is 0. The molecule has 120 valence electrons. The predicted octanol–water partition coefficient (Wildman–Crippen LogP) is 0.316. The zero-order chi connectivity index (χ0) is 14.9. The van der Waals surface area contributed by atoms with E-state index in [-0.39, 0.29) is 24.0 Å². The van der Waals surface area contributed by atoms with Crippen molar-refractivity contribution in [3.8, 4) is 22.6 Å². The number of hydrogen-bond donors (Lipinski definition) is 0. The van der Waals surface area contributed by atoms with E-state index in [0.29, 0.717) is 12.8 Å². The zero-order valence-electron chi connectivity index (χ0n) is 13.4. The summed E-state index contributed by atoms with van der Waals surface area (Å²) in [6.07, 6.45) is 2.23. The summed E-state index contributed by atoms with van der Waals surface area (Å²) in [5.41, 5.74) is 7.01. The average Bonchev–Trinajstić information content (AvgIpc) is 2.98. The molecule has 3 nitrogen and oxygen atoms in total. The van der Waals surface area contributed by atoms with Crippen LogP contribution in [0.3, 0.4) is 0 Å². The molecule has 23 heavy (non-hydrogen) atoms. The summed E-state index contributed by atoms with van der Waals surface area (Å²) in [5.74, 6) is 1.88. The van der Waals surface area contributed by atoms with Gasteiger partial charge in [-0.05, 0) is 22.8 Å². The standard InChI is InChI=1S/C19H20NO2.HI/c1-20(2)8-7-13-10-16-19(22-11-21-16)18-14-6-4-3-5-12(14)9-15(20)17(13)18;/h3-6,10,15H,7-9,11H2,1-2H3;1H/q+1;/p-1/t15-;/m1./s1. The van der Waals surface area contributed by atoms with Gasteiger partial charge in [0.05, 0.1) is 20.6 Å². The first kappa shape index (κ1) is 15.3. The first-order chi connectivity index (χ1) is 10.6. The lowest BCUT2D eigenvalue weighted by Gasteiger charge is -2.45. The van der Waals surface area contributed by atoms with E-state index < -0.39 is 0 Å². The van der Waals surface area contributed by atoms with Crippen LogP contribution in [0.1, 0.15) is 22.7 Å². The van der Waals surface area contributed by atoms with Crippen LogP contribution in [0.2, 0.25) is 0 Å². The van der Waals surface area contributed by atoms with Crippen LogP contribution in [0.4, 0.5) is 0 Å². The third-order valence-electron chi connectivity index (χ3n) is 5.62. The fourth-order valence-corrected chi connectivity index (χ4v) is 4.38. The van der Waals surface area contributed by atoms with Gasteiger partial charge in [-0.3, -0.25) is 0 Å². The number of halogens is 1. The van der Waals surface area contributed by atoms with Crippen LogP contribution >= 0.6 is 0 Å². The van der Waals surface area contributed by atoms with E-state index >= 15 is 0 Å². The maximum atomic E-state index is 5.86. The Morgan fingerprint density at radius 1 is 1.09 bits per heavy atom. The number of benzene rings is 2. The van der Waals surface area contributed by atoms with Gasteiger partial charge in [-0.2, -0.15) is 0 Å². The van der Waals surface area contributed by atoms with Crippen molar-refractivity contribution in [2.24, 2.45) is 0 Å². The van der Waals surface area contributed by atoms with Gasteiger partial charge < -0.3 is 37.9 Å². The van der Waals surface area contributed by atoms with Gasteiger partial charge >= 0.3 is 0 Å². The van der Waals surface area contributed by atoms with E-state index in [0.717, 1.165) is 28.8 Å². The molecular weight excluding hydrogens is 401 g/mol. The number of nitrogens with zero attached hydrogens (tertiary/aromatic N) is 1. The molecule has 0 N–H and O–H groups in total. The molecule has 2 aromatic rings. The SMILES string of the molecule is C[N+]1(C)CCc2cc3c(c4c2[C@H]1Cc1ccccc1-4)OCO3.[I-]. The largest absolute Gasteiger partial charge is 1.00 e. The molecule has 0 aromatic heterocycles. The van der Waals surface area contributed by atoms with Crippen LogP contribution < -0.4 is 33.5 Å². The second-order valence-corrected chi connectivity index (χ2v) is 7.19. The third kappa shape index (κ3) is 2.04. The van der Waals surface area contributed by atoms with Crippen molar-refractivity contribution in [1.29, 1.82) is 0 Å². The molecule has 0 saturated carbocycles. The summed E-state index contributed by atoms with van der Waals surface area (Å²) in [7, 11) is 4.71. The maximum Gasteiger partial charge on any atom is 0.231 e. The Hall–Kier alpha value is -1.27. The minimum atomic E-state index is 0. The zero-order valence-corrected chi connectivity index (χ0v) is 15.6. The maximum absolute atomic E-state index is 5.86. The first-order valence-corrected chi connectivity index (χ1v) is 8.01. The Morgan fingerprint density at radius 3 is 2.78 bits per heavy atom. The normalized spacial score (nSPS) is 21.9. The number of rotatable bonds is 0. The third-order valence-corrected chi connectivity index (χ3v) is 5.62. The van der Waals surface area contributed by atoms with Crippen LogP contribution in [0.5, 0.6) is 11.5 Å². The lowest BCUT2D eigenvalue weighted by atomic mass is 9.76. The van der Waals surface area contributed by atoms with Crippen molar-refractivity contribution in [2.75, 3.05) is 27.4 Å². The van der Waals surface area contributed by atoms with Crippen LogP contribution in [-0.2, 0) is 12.8 Å². The molecule has 0 saturated heterocycles. The predicted molar refractivity (Wildman–Crippen MR) is 85.1 cm³/mol. The molecule has 0 unspecified atom stereocenters. The summed E-state index contributed by atoms with van der Waals surface area (Å²) < 4.78 is 12.6. The lowest BCUT2D eigenvalue weighted by Crippen LogP contribution is -3.00. The van der Waals surface area contributed by atoms with Gasteiger partial charge in [0.2, 0.25) is 6.79 Å². The Balaban J connectivity index is 0.00000135. The highest BCUT2D eigenvalue weighted by Gasteiger charge is 2.43. The summed E-state index contributed by atoms with van der Waals surface area (Å²) in [4.78, 5) is 0. The van der Waals surface area contributed by atoms with Crippen LogP contribution in [0.25, 0.3) is 11.1 Å². The van der Waals surface area contributed by atoms with Gasteiger partial charge in [0, 0.05) is 24.0 Å². The van der Waals surface area contributed by atoms with E-state index in [1.165, 1.54) is 34.4 Å². The van der Waals surface area contributed by atoms with Crippen molar-refractivity contribution in [3.63, 3.8) is 0 Å². The highest BCUT2D eigenvalue weighted by Crippen LogP contribution is 2.54. The molecule has 2 aliphatic heterocycles. The van der Waals surface area contributed by atoms with Gasteiger partial charge in [0.15, 0.2) is 11.5 Å². The van der Waals surface area contributed by atoms with E-state index in [1.54, 1.807) is 0 Å². The molecular formula is C19H20INO2. The number of quaternary nitrogens is 1. The number of hydrogen-bond acceptors (Lipinski definition) is 2. The van der Waals surface area contributed by atoms with Crippen molar-refractivity contribution in [2.45, 2.75) is 18.9 Å². The molecule has 2 aromatic carbocycles. The summed E-state index contributed by atoms with van der Waals surface area (Å²) in [6.45, 7) is 1.52. The Kier molecular flexibility index (Phi) is 3.39. The number of likely N-dealkylation sites (N-methyl/N-ethyl adjacent to an activating group) is 1. The van der Waals surface area contributed by atoms with E-state index in [4.69, 9.17) is 9.47 Å². The van der Waals surface area contributed by atoms with Gasteiger partial charge in [0.1, 0.15) is 6.04 Å². The van der Waals surface area contributed by atoms with Crippen LogP contribution in [0, 0.1) is 0 Å². The second-order valence-electron chi connectivity index (χ2n) is 7.19. The Bertz CT molecular complexity index is 800. The molecule has 0 radical (unpaired) electrons. The fraction of sp³-hybridized carbons (Fsp3) is 0.368. The molecule has 1 aliphatic carbocycles. The van der Waals surface area contributed by atoms with E-state index in [2.05, 4.69) is 44.4 Å². The molecule has 5 rings (SSSR count). The fourth-order valence-electron chi connectivity index (χ4n) is 4.38. The summed E-state index contributed by atoms with van der Waals surface area (Å²) in [5, 5.41) is 0. The number of ether oxygens (including phenoxy) is 2. The van der Waals surface area contributed by atoms with Crippen molar-refractivity contribution in [1.82, 2.24) is 0 Å². The van der Waals surface area contributed by atoms with Crippen molar-refractivity contribution < 1.29 is 37.9 Å². The highest BCUT2D eigenvalue weighted by molar-refractivity contribution is 5.83. The summed E-state index contributed by atoms with van der Waals surface area (Å²) in [6, 6.07) is 11.5. The van der Waals surface area contributed by atoms with Crippen molar-refractivity contribution in [3.05, 3.63) is 47.0 Å². The molecule has 0 amide bonds. The summed E-state index contributed by atoms with van der Waals surface area (Å²) >= 11 is 0.